The lowest BCUT2D eigenvalue weighted by Gasteiger charge is -2.45. The topological polar surface area (TPSA) is 18.5 Å². The summed E-state index contributed by atoms with van der Waals surface area (Å²) in [6.07, 6.45) is 7.29. The molecule has 3 heteroatoms. The Kier molecular flexibility index (Phi) is 5.67. The molecule has 2 fully saturated rings. The summed E-state index contributed by atoms with van der Waals surface area (Å²) in [5.41, 5.74) is 0.335. The molecule has 0 bridgehead atoms. The SMILES string of the molecule is CN1CCN(CCNCC2CCCCC2)CC1(C)C. The van der Waals surface area contributed by atoms with Crippen LogP contribution in [-0.4, -0.2) is 61.7 Å². The van der Waals surface area contributed by atoms with E-state index in [-0.39, 0.29) is 0 Å². The molecule has 0 unspecified atom stereocenters. The maximum atomic E-state index is 3.69. The van der Waals surface area contributed by atoms with Crippen LogP contribution >= 0.6 is 0 Å². The summed E-state index contributed by atoms with van der Waals surface area (Å²) in [4.78, 5) is 5.10. The highest BCUT2D eigenvalue weighted by molar-refractivity contribution is 4.88. The van der Waals surface area contributed by atoms with Crippen molar-refractivity contribution in [3.63, 3.8) is 0 Å². The monoisotopic (exact) mass is 267 g/mol. The Labute approximate surface area is 119 Å². The molecule has 0 aromatic rings. The van der Waals surface area contributed by atoms with Gasteiger partial charge >= 0.3 is 0 Å². The maximum Gasteiger partial charge on any atom is 0.0277 e. The molecule has 3 nitrogen and oxygen atoms in total. The minimum absolute atomic E-state index is 0.335. The van der Waals surface area contributed by atoms with Crippen LogP contribution in [0.4, 0.5) is 0 Å². The summed E-state index contributed by atoms with van der Waals surface area (Å²) in [5, 5.41) is 3.69. The molecule has 0 amide bonds. The van der Waals surface area contributed by atoms with Gasteiger partial charge in [0.05, 0.1) is 0 Å². The third-order valence-corrected chi connectivity index (χ3v) is 5.16. The van der Waals surface area contributed by atoms with Crippen LogP contribution < -0.4 is 5.32 Å². The smallest absolute Gasteiger partial charge is 0.0277 e. The van der Waals surface area contributed by atoms with Crippen molar-refractivity contribution in [3.8, 4) is 0 Å². The van der Waals surface area contributed by atoms with Crippen LogP contribution in [0.1, 0.15) is 46.0 Å². The van der Waals surface area contributed by atoms with Gasteiger partial charge in [0.1, 0.15) is 0 Å². The first kappa shape index (κ1) is 15.3. The second-order valence-electron chi connectivity index (χ2n) is 7.22. The lowest BCUT2D eigenvalue weighted by Crippen LogP contribution is -2.58. The number of nitrogens with one attached hydrogen (secondary N) is 1. The second kappa shape index (κ2) is 7.05. The van der Waals surface area contributed by atoms with Crippen molar-refractivity contribution in [1.29, 1.82) is 0 Å². The van der Waals surface area contributed by atoms with E-state index in [2.05, 4.69) is 36.0 Å². The predicted octanol–water partition coefficient (Wildman–Crippen LogP) is 2.18. The molecule has 2 aliphatic rings. The van der Waals surface area contributed by atoms with Crippen molar-refractivity contribution < 1.29 is 0 Å². The molecule has 1 N–H and O–H groups in total. The van der Waals surface area contributed by atoms with Gasteiger partial charge in [-0.25, -0.2) is 0 Å². The summed E-state index contributed by atoms with van der Waals surface area (Å²) in [5.74, 6) is 0.956. The van der Waals surface area contributed by atoms with E-state index < -0.39 is 0 Å². The quantitative estimate of drug-likeness (QED) is 0.770. The van der Waals surface area contributed by atoms with E-state index >= 15 is 0 Å². The third-order valence-electron chi connectivity index (χ3n) is 5.16. The zero-order valence-corrected chi connectivity index (χ0v) is 13.2. The van der Waals surface area contributed by atoms with E-state index in [4.69, 9.17) is 0 Å². The van der Waals surface area contributed by atoms with Gasteiger partial charge in [0.2, 0.25) is 0 Å². The van der Waals surface area contributed by atoms with Crippen molar-refractivity contribution >= 4 is 0 Å². The van der Waals surface area contributed by atoms with Crippen molar-refractivity contribution in [2.45, 2.75) is 51.5 Å². The predicted molar refractivity (Wildman–Crippen MR) is 82.6 cm³/mol. The molecule has 2 rings (SSSR count). The maximum absolute atomic E-state index is 3.69. The first-order valence-electron chi connectivity index (χ1n) is 8.22. The summed E-state index contributed by atoms with van der Waals surface area (Å²) in [6, 6.07) is 0. The van der Waals surface area contributed by atoms with Crippen molar-refractivity contribution in [3.05, 3.63) is 0 Å². The zero-order valence-electron chi connectivity index (χ0n) is 13.2. The minimum Gasteiger partial charge on any atom is -0.315 e. The number of hydrogen-bond acceptors (Lipinski definition) is 3. The zero-order chi connectivity index (χ0) is 13.7. The van der Waals surface area contributed by atoms with Gasteiger partial charge < -0.3 is 5.32 Å². The lowest BCUT2D eigenvalue weighted by atomic mass is 9.89. The van der Waals surface area contributed by atoms with Crippen LogP contribution in [0.25, 0.3) is 0 Å². The highest BCUT2D eigenvalue weighted by Gasteiger charge is 2.30. The fraction of sp³-hybridized carbons (Fsp3) is 1.00. The summed E-state index contributed by atoms with van der Waals surface area (Å²) < 4.78 is 0. The molecule has 0 radical (unpaired) electrons. The average Bonchev–Trinajstić information content (AvgIpc) is 2.40. The number of rotatable bonds is 5. The Hall–Kier alpha value is -0.120. The molecule has 1 heterocycles. The van der Waals surface area contributed by atoms with Gasteiger partial charge in [-0.2, -0.15) is 0 Å². The molecule has 0 atom stereocenters. The highest BCUT2D eigenvalue weighted by atomic mass is 15.3. The standard InChI is InChI=1S/C16H33N3/c1-16(2)14-19(12-11-18(16)3)10-9-17-13-15-7-5-4-6-8-15/h15,17H,4-14H2,1-3H3. The van der Waals surface area contributed by atoms with Gasteiger partial charge in [0, 0.05) is 38.3 Å². The summed E-state index contributed by atoms with van der Waals surface area (Å²) in [7, 11) is 2.25. The Balaban J connectivity index is 1.58. The third kappa shape index (κ3) is 4.73. The number of likely N-dealkylation sites (N-methyl/N-ethyl adjacent to an activating group) is 1. The van der Waals surface area contributed by atoms with Crippen LogP contribution in [0.2, 0.25) is 0 Å². The first-order valence-corrected chi connectivity index (χ1v) is 8.22. The number of piperazine rings is 1. The van der Waals surface area contributed by atoms with Crippen molar-refractivity contribution in [2.75, 3.05) is 46.3 Å². The van der Waals surface area contributed by atoms with Crippen LogP contribution in [0.15, 0.2) is 0 Å². The summed E-state index contributed by atoms with van der Waals surface area (Å²) in [6.45, 7) is 12.0. The largest absolute Gasteiger partial charge is 0.315 e. The molecular weight excluding hydrogens is 234 g/mol. The number of nitrogens with zero attached hydrogens (tertiary/aromatic N) is 2. The molecule has 1 saturated heterocycles. The fourth-order valence-corrected chi connectivity index (χ4v) is 3.47. The molecule has 1 saturated carbocycles. The van der Waals surface area contributed by atoms with Crippen molar-refractivity contribution in [2.24, 2.45) is 5.92 Å². The average molecular weight is 267 g/mol. The highest BCUT2D eigenvalue weighted by Crippen LogP contribution is 2.22. The van der Waals surface area contributed by atoms with E-state index in [0.29, 0.717) is 5.54 Å². The van der Waals surface area contributed by atoms with Gasteiger partial charge in [-0.15, -0.1) is 0 Å². The van der Waals surface area contributed by atoms with Gasteiger partial charge in [-0.1, -0.05) is 19.3 Å². The molecule has 0 aromatic carbocycles. The van der Waals surface area contributed by atoms with Gasteiger partial charge in [-0.3, -0.25) is 9.80 Å². The van der Waals surface area contributed by atoms with Crippen molar-refractivity contribution in [1.82, 2.24) is 15.1 Å². The molecule has 1 aliphatic heterocycles. The van der Waals surface area contributed by atoms with E-state index in [1.807, 2.05) is 0 Å². The number of hydrogen-bond donors (Lipinski definition) is 1. The second-order valence-corrected chi connectivity index (χ2v) is 7.22. The van der Waals surface area contributed by atoms with E-state index in [9.17, 15) is 0 Å². The van der Waals surface area contributed by atoms with Gasteiger partial charge in [0.15, 0.2) is 0 Å². The molecular formula is C16H33N3. The van der Waals surface area contributed by atoms with Crippen LogP contribution in [0.3, 0.4) is 0 Å². The minimum atomic E-state index is 0.335. The summed E-state index contributed by atoms with van der Waals surface area (Å²) >= 11 is 0. The normalized spacial score (nSPS) is 26.7. The Bertz CT molecular complexity index is 259. The molecule has 0 spiro atoms. The van der Waals surface area contributed by atoms with E-state index in [1.54, 1.807) is 0 Å². The Morgan fingerprint density at radius 1 is 1.11 bits per heavy atom. The Morgan fingerprint density at radius 2 is 1.84 bits per heavy atom. The molecule has 19 heavy (non-hydrogen) atoms. The molecule has 1 aliphatic carbocycles. The lowest BCUT2D eigenvalue weighted by molar-refractivity contribution is 0.0406. The first-order chi connectivity index (χ1) is 9.08. The van der Waals surface area contributed by atoms with Crippen LogP contribution in [0.5, 0.6) is 0 Å². The van der Waals surface area contributed by atoms with Gasteiger partial charge in [-0.05, 0) is 46.2 Å². The molecule has 0 aromatic heterocycles. The Morgan fingerprint density at radius 3 is 2.53 bits per heavy atom. The molecule has 112 valence electrons. The van der Waals surface area contributed by atoms with Crippen LogP contribution in [-0.2, 0) is 0 Å². The van der Waals surface area contributed by atoms with E-state index in [0.717, 1.165) is 12.5 Å². The van der Waals surface area contributed by atoms with E-state index in [1.165, 1.54) is 64.8 Å². The van der Waals surface area contributed by atoms with Crippen LogP contribution in [0, 0.1) is 5.92 Å². The fourth-order valence-electron chi connectivity index (χ4n) is 3.47. The van der Waals surface area contributed by atoms with Gasteiger partial charge in [0.25, 0.3) is 0 Å².